The third-order valence-electron chi connectivity index (χ3n) is 5.89. The number of halogens is 1. The number of fused-ring (bicyclic) bond motifs is 1. The van der Waals surface area contributed by atoms with Gasteiger partial charge in [0.05, 0.1) is 28.9 Å². The van der Waals surface area contributed by atoms with Gasteiger partial charge in [-0.2, -0.15) is 0 Å². The number of benzene rings is 3. The number of ether oxygens (including phenoxy) is 2. The molecule has 1 aliphatic heterocycles. The molecule has 2 heterocycles. The SMILES string of the molecule is C=CCOc1cccc(C2C(=C(O)c3ccc(Cl)cc3)C(=O)C(=O)N2c2nc3ccc(OC)cc3s2)c1. The zero-order valence-corrected chi connectivity index (χ0v) is 21.3. The molecule has 0 bridgehead atoms. The molecule has 1 aliphatic rings. The summed E-state index contributed by atoms with van der Waals surface area (Å²) in [5.41, 5.74) is 1.54. The van der Waals surface area contributed by atoms with E-state index >= 15 is 0 Å². The van der Waals surface area contributed by atoms with E-state index in [2.05, 4.69) is 11.6 Å². The Balaban J connectivity index is 1.70. The van der Waals surface area contributed by atoms with Crippen molar-refractivity contribution in [2.24, 2.45) is 0 Å². The van der Waals surface area contributed by atoms with Crippen LogP contribution in [0.5, 0.6) is 11.5 Å². The average molecular weight is 533 g/mol. The van der Waals surface area contributed by atoms with Gasteiger partial charge in [0, 0.05) is 10.6 Å². The van der Waals surface area contributed by atoms with Gasteiger partial charge in [0.15, 0.2) is 5.13 Å². The highest BCUT2D eigenvalue weighted by molar-refractivity contribution is 7.22. The summed E-state index contributed by atoms with van der Waals surface area (Å²) in [6, 6.07) is 17.9. The van der Waals surface area contributed by atoms with Gasteiger partial charge in [0.1, 0.15) is 23.9 Å². The normalized spacial score (nSPS) is 16.8. The second-order valence-electron chi connectivity index (χ2n) is 8.18. The van der Waals surface area contributed by atoms with Crippen LogP contribution in [0, 0.1) is 0 Å². The largest absolute Gasteiger partial charge is 0.507 e. The number of carbonyl (C=O) groups excluding carboxylic acids is 2. The Kier molecular flexibility index (Phi) is 6.69. The van der Waals surface area contributed by atoms with E-state index in [1.165, 1.54) is 16.2 Å². The van der Waals surface area contributed by atoms with Crippen LogP contribution in [0.1, 0.15) is 17.2 Å². The Hall–Kier alpha value is -4.14. The smallest absolute Gasteiger partial charge is 0.301 e. The number of hydrogen-bond acceptors (Lipinski definition) is 7. The second-order valence-corrected chi connectivity index (χ2v) is 9.62. The highest BCUT2D eigenvalue weighted by Crippen LogP contribution is 2.45. The maximum Gasteiger partial charge on any atom is 0.301 e. The molecule has 9 heteroatoms. The minimum atomic E-state index is -0.939. The van der Waals surface area contributed by atoms with Crippen molar-refractivity contribution in [1.82, 2.24) is 4.98 Å². The zero-order chi connectivity index (χ0) is 26.1. The molecular weight excluding hydrogens is 512 g/mol. The molecule has 0 radical (unpaired) electrons. The minimum absolute atomic E-state index is 0.0509. The van der Waals surface area contributed by atoms with Crippen molar-refractivity contribution in [1.29, 1.82) is 0 Å². The molecule has 5 rings (SSSR count). The number of thiazole rings is 1. The van der Waals surface area contributed by atoms with Gasteiger partial charge in [-0.05, 0) is 60.2 Å². The molecule has 3 aromatic carbocycles. The Labute approximate surface area is 221 Å². The Morgan fingerprint density at radius 1 is 1.14 bits per heavy atom. The number of nitrogens with zero attached hydrogens (tertiary/aromatic N) is 2. The van der Waals surface area contributed by atoms with E-state index in [4.69, 9.17) is 21.1 Å². The number of methoxy groups -OCH3 is 1. The molecule has 0 saturated carbocycles. The average Bonchev–Trinajstić information content (AvgIpc) is 3.45. The Morgan fingerprint density at radius 3 is 2.65 bits per heavy atom. The quantitative estimate of drug-likeness (QED) is 0.133. The monoisotopic (exact) mass is 532 g/mol. The molecule has 1 N–H and O–H groups in total. The van der Waals surface area contributed by atoms with Crippen molar-refractivity contribution in [2.45, 2.75) is 6.04 Å². The molecule has 0 spiro atoms. The molecule has 37 heavy (non-hydrogen) atoms. The molecule has 1 fully saturated rings. The van der Waals surface area contributed by atoms with Crippen molar-refractivity contribution >= 4 is 55.7 Å². The first kappa shape index (κ1) is 24.5. The molecular formula is C28H21ClN2O5S. The number of ketones is 1. The predicted octanol–water partition coefficient (Wildman–Crippen LogP) is 6.15. The predicted molar refractivity (Wildman–Crippen MR) is 145 cm³/mol. The van der Waals surface area contributed by atoms with Crippen LogP contribution in [0.3, 0.4) is 0 Å². The Morgan fingerprint density at radius 2 is 1.92 bits per heavy atom. The number of carbonyl (C=O) groups is 2. The number of aliphatic hydroxyl groups excluding tert-OH is 1. The van der Waals surface area contributed by atoms with E-state index < -0.39 is 17.7 Å². The van der Waals surface area contributed by atoms with Crippen LogP contribution in [0.25, 0.3) is 16.0 Å². The third kappa shape index (κ3) is 4.57. The van der Waals surface area contributed by atoms with E-state index in [0.717, 1.165) is 4.70 Å². The van der Waals surface area contributed by atoms with Crippen molar-refractivity contribution < 1.29 is 24.2 Å². The van der Waals surface area contributed by atoms with E-state index in [-0.39, 0.29) is 17.9 Å². The standard InChI is InChI=1S/C28H21ClN2O5S/c1-3-13-36-20-6-4-5-17(14-20)24-23(25(32)16-7-9-18(29)10-8-16)26(33)27(34)31(24)28-30-21-12-11-19(35-2)15-22(21)37-28/h3-12,14-15,24,32H,1,13H2,2H3. The van der Waals surface area contributed by atoms with Gasteiger partial charge >= 0.3 is 5.91 Å². The third-order valence-corrected chi connectivity index (χ3v) is 7.16. The highest BCUT2D eigenvalue weighted by atomic mass is 35.5. The van der Waals surface area contributed by atoms with Gasteiger partial charge < -0.3 is 14.6 Å². The van der Waals surface area contributed by atoms with Crippen LogP contribution in [-0.2, 0) is 9.59 Å². The van der Waals surface area contributed by atoms with E-state index in [1.54, 1.807) is 73.8 Å². The number of rotatable bonds is 7. The maximum atomic E-state index is 13.5. The molecule has 186 valence electrons. The molecule has 4 aromatic rings. The number of hydrogen-bond donors (Lipinski definition) is 1. The number of anilines is 1. The lowest BCUT2D eigenvalue weighted by Crippen LogP contribution is -2.29. The molecule has 1 atom stereocenters. The number of Topliss-reactive ketones (excluding diaryl/α,β-unsaturated/α-hetero) is 1. The van der Waals surface area contributed by atoms with Crippen molar-refractivity contribution in [3.05, 3.63) is 101 Å². The zero-order valence-electron chi connectivity index (χ0n) is 19.7. The van der Waals surface area contributed by atoms with Crippen LogP contribution >= 0.6 is 22.9 Å². The van der Waals surface area contributed by atoms with Gasteiger partial charge in [-0.25, -0.2) is 4.98 Å². The van der Waals surface area contributed by atoms with Gasteiger partial charge in [-0.1, -0.05) is 47.7 Å². The van der Waals surface area contributed by atoms with E-state index in [9.17, 15) is 14.7 Å². The second kappa shape index (κ2) is 10.1. The lowest BCUT2D eigenvalue weighted by Gasteiger charge is -2.23. The van der Waals surface area contributed by atoms with E-state index in [1.807, 2.05) is 6.07 Å². The van der Waals surface area contributed by atoms with Crippen LogP contribution in [0.4, 0.5) is 5.13 Å². The van der Waals surface area contributed by atoms with Gasteiger partial charge in [0.2, 0.25) is 0 Å². The lowest BCUT2D eigenvalue weighted by molar-refractivity contribution is -0.132. The highest BCUT2D eigenvalue weighted by Gasteiger charge is 2.48. The Bertz CT molecular complexity index is 1560. The summed E-state index contributed by atoms with van der Waals surface area (Å²) in [5, 5.41) is 12.1. The molecule has 1 unspecified atom stereocenters. The summed E-state index contributed by atoms with van der Waals surface area (Å²) in [5.74, 6) is -0.724. The molecule has 1 aromatic heterocycles. The summed E-state index contributed by atoms with van der Waals surface area (Å²) < 4.78 is 11.8. The van der Waals surface area contributed by atoms with Crippen molar-refractivity contribution in [3.63, 3.8) is 0 Å². The first-order valence-electron chi connectivity index (χ1n) is 11.3. The van der Waals surface area contributed by atoms with E-state index in [0.29, 0.717) is 38.3 Å². The summed E-state index contributed by atoms with van der Waals surface area (Å²) in [7, 11) is 1.57. The maximum absolute atomic E-state index is 13.5. The fourth-order valence-corrected chi connectivity index (χ4v) is 5.31. The van der Waals surface area contributed by atoms with Crippen molar-refractivity contribution in [2.75, 3.05) is 18.6 Å². The number of aromatic nitrogens is 1. The lowest BCUT2D eigenvalue weighted by atomic mass is 9.95. The molecule has 7 nitrogen and oxygen atoms in total. The number of aliphatic hydroxyl groups is 1. The summed E-state index contributed by atoms with van der Waals surface area (Å²) >= 11 is 7.26. The van der Waals surface area contributed by atoms with Gasteiger partial charge in [-0.3, -0.25) is 14.5 Å². The summed E-state index contributed by atoms with van der Waals surface area (Å²) in [6.07, 6.45) is 1.62. The number of amides is 1. The van der Waals surface area contributed by atoms with Crippen LogP contribution in [-0.4, -0.2) is 35.5 Å². The van der Waals surface area contributed by atoms with Crippen LogP contribution < -0.4 is 14.4 Å². The first-order valence-corrected chi connectivity index (χ1v) is 12.5. The molecule has 1 saturated heterocycles. The minimum Gasteiger partial charge on any atom is -0.507 e. The van der Waals surface area contributed by atoms with Crippen molar-refractivity contribution in [3.8, 4) is 11.5 Å². The van der Waals surface area contributed by atoms with Gasteiger partial charge in [0.25, 0.3) is 5.78 Å². The summed E-state index contributed by atoms with van der Waals surface area (Å²) in [6.45, 7) is 3.95. The first-order chi connectivity index (χ1) is 17.9. The summed E-state index contributed by atoms with van der Waals surface area (Å²) in [4.78, 5) is 32.8. The fraction of sp³-hybridized carbons (Fsp3) is 0.107. The molecule has 0 aliphatic carbocycles. The van der Waals surface area contributed by atoms with Crippen LogP contribution in [0.2, 0.25) is 5.02 Å². The van der Waals surface area contributed by atoms with Gasteiger partial charge in [-0.15, -0.1) is 0 Å². The van der Waals surface area contributed by atoms with Crippen LogP contribution in [0.15, 0.2) is 85.0 Å². The topological polar surface area (TPSA) is 89.0 Å². The molecule has 1 amide bonds. The fourth-order valence-electron chi connectivity index (χ4n) is 4.16.